The fourth-order valence-corrected chi connectivity index (χ4v) is 2.76. The quantitative estimate of drug-likeness (QED) is 0.787. The van der Waals surface area contributed by atoms with Gasteiger partial charge in [-0.2, -0.15) is 13.2 Å². The van der Waals surface area contributed by atoms with Gasteiger partial charge in [-0.3, -0.25) is 9.59 Å². The van der Waals surface area contributed by atoms with Gasteiger partial charge in [0.05, 0.1) is 5.56 Å². The molecule has 0 atom stereocenters. The molecule has 10 heteroatoms. The Labute approximate surface area is 158 Å². The summed E-state index contributed by atoms with van der Waals surface area (Å²) in [6, 6.07) is 3.58. The molecule has 1 aliphatic rings. The predicted molar refractivity (Wildman–Crippen MR) is 93.2 cm³/mol. The second-order valence-corrected chi connectivity index (χ2v) is 6.28. The first-order chi connectivity index (χ1) is 13.2. The highest BCUT2D eigenvalue weighted by molar-refractivity contribution is 5.78. The Morgan fingerprint density at radius 2 is 1.96 bits per heavy atom. The SMILES string of the molecule is Cc1cc(=O)c(OCC(=O)N2CCN(c3ccc(C(F)(F)F)cn3)CC2)co1. The van der Waals surface area contributed by atoms with Crippen molar-refractivity contribution in [2.75, 3.05) is 37.7 Å². The van der Waals surface area contributed by atoms with Crippen LogP contribution in [0.25, 0.3) is 0 Å². The maximum Gasteiger partial charge on any atom is 0.417 e. The van der Waals surface area contributed by atoms with Crippen molar-refractivity contribution in [1.82, 2.24) is 9.88 Å². The summed E-state index contributed by atoms with van der Waals surface area (Å²) in [6.07, 6.45) is -2.46. The number of ether oxygens (including phenoxy) is 1. The predicted octanol–water partition coefficient (Wildman–Crippen LogP) is 2.09. The van der Waals surface area contributed by atoms with Crippen LogP contribution in [0.1, 0.15) is 11.3 Å². The highest BCUT2D eigenvalue weighted by Gasteiger charge is 2.31. The van der Waals surface area contributed by atoms with Gasteiger partial charge in [0.2, 0.25) is 11.2 Å². The number of hydrogen-bond donors (Lipinski definition) is 0. The minimum Gasteiger partial charge on any atom is -0.477 e. The molecule has 1 saturated heterocycles. The van der Waals surface area contributed by atoms with Crippen molar-refractivity contribution in [1.29, 1.82) is 0 Å². The highest BCUT2D eigenvalue weighted by atomic mass is 19.4. The standard InChI is InChI=1S/C18H18F3N3O4/c1-12-8-14(25)15(10-27-12)28-11-17(26)24-6-4-23(5-7-24)16-3-2-13(9-22-16)18(19,20)21/h2-3,8-10H,4-7,11H2,1H3. The summed E-state index contributed by atoms with van der Waals surface area (Å²) in [7, 11) is 0. The van der Waals surface area contributed by atoms with Crippen molar-refractivity contribution in [3.8, 4) is 5.75 Å². The zero-order valence-corrected chi connectivity index (χ0v) is 15.0. The van der Waals surface area contributed by atoms with E-state index in [-0.39, 0.29) is 23.7 Å². The normalized spacial score (nSPS) is 14.9. The zero-order chi connectivity index (χ0) is 20.3. The maximum atomic E-state index is 12.6. The largest absolute Gasteiger partial charge is 0.477 e. The first-order valence-electron chi connectivity index (χ1n) is 8.52. The number of halogens is 3. The Bertz CT molecular complexity index is 888. The molecule has 3 heterocycles. The molecule has 150 valence electrons. The topological polar surface area (TPSA) is 75.9 Å². The number of hydrogen-bond acceptors (Lipinski definition) is 6. The Kier molecular flexibility index (Phi) is 5.57. The van der Waals surface area contributed by atoms with Gasteiger partial charge in [0, 0.05) is 38.4 Å². The van der Waals surface area contributed by atoms with Gasteiger partial charge in [-0.05, 0) is 19.1 Å². The average molecular weight is 397 g/mol. The molecular formula is C18H18F3N3O4. The Morgan fingerprint density at radius 3 is 2.54 bits per heavy atom. The number of amides is 1. The molecule has 28 heavy (non-hydrogen) atoms. The van der Waals surface area contributed by atoms with Crippen LogP contribution < -0.4 is 15.1 Å². The second kappa shape index (κ2) is 7.91. The summed E-state index contributed by atoms with van der Waals surface area (Å²) in [5.41, 5.74) is -1.17. The number of nitrogens with zero attached hydrogens (tertiary/aromatic N) is 3. The van der Waals surface area contributed by atoms with Crippen LogP contribution in [0, 0.1) is 6.92 Å². The average Bonchev–Trinajstić information content (AvgIpc) is 2.67. The molecule has 0 spiro atoms. The lowest BCUT2D eigenvalue weighted by Gasteiger charge is -2.35. The van der Waals surface area contributed by atoms with Gasteiger partial charge in [-0.15, -0.1) is 0 Å². The molecule has 0 saturated carbocycles. The van der Waals surface area contributed by atoms with Crippen LogP contribution in [0.3, 0.4) is 0 Å². The van der Waals surface area contributed by atoms with E-state index < -0.39 is 11.7 Å². The van der Waals surface area contributed by atoms with Crippen LogP contribution in [0.4, 0.5) is 19.0 Å². The fourth-order valence-electron chi connectivity index (χ4n) is 2.76. The summed E-state index contributed by atoms with van der Waals surface area (Å²) in [5, 5.41) is 0. The van der Waals surface area contributed by atoms with E-state index in [1.54, 1.807) is 16.7 Å². The van der Waals surface area contributed by atoms with Crippen LogP contribution in [0.2, 0.25) is 0 Å². The molecule has 0 unspecified atom stereocenters. The lowest BCUT2D eigenvalue weighted by molar-refractivity contribution is -0.138. The molecule has 2 aromatic rings. The third kappa shape index (κ3) is 4.62. The number of carbonyl (C=O) groups is 1. The number of carbonyl (C=O) groups excluding carboxylic acids is 1. The van der Waals surface area contributed by atoms with E-state index in [1.807, 2.05) is 0 Å². The van der Waals surface area contributed by atoms with Gasteiger partial charge < -0.3 is 19.0 Å². The summed E-state index contributed by atoms with van der Waals surface area (Å²) in [5.74, 6) is 0.539. The van der Waals surface area contributed by atoms with Crippen molar-refractivity contribution in [3.05, 3.63) is 52.2 Å². The number of rotatable bonds is 4. The van der Waals surface area contributed by atoms with Crippen LogP contribution in [-0.2, 0) is 11.0 Å². The molecule has 0 aliphatic carbocycles. The summed E-state index contributed by atoms with van der Waals surface area (Å²) in [6.45, 7) is 2.92. The Hall–Kier alpha value is -3.04. The zero-order valence-electron chi connectivity index (χ0n) is 15.0. The van der Waals surface area contributed by atoms with Gasteiger partial charge in [0.25, 0.3) is 5.91 Å². The fraction of sp³-hybridized carbons (Fsp3) is 0.389. The first-order valence-corrected chi connectivity index (χ1v) is 8.52. The van der Waals surface area contributed by atoms with Crippen LogP contribution in [0.5, 0.6) is 5.75 Å². The lowest BCUT2D eigenvalue weighted by Crippen LogP contribution is -2.50. The second-order valence-electron chi connectivity index (χ2n) is 6.28. The van der Waals surface area contributed by atoms with Gasteiger partial charge >= 0.3 is 6.18 Å². The Morgan fingerprint density at radius 1 is 1.25 bits per heavy atom. The van der Waals surface area contributed by atoms with Gasteiger partial charge in [-0.25, -0.2) is 4.98 Å². The molecule has 1 aliphatic heterocycles. The third-order valence-corrected chi connectivity index (χ3v) is 4.31. The smallest absolute Gasteiger partial charge is 0.417 e. The number of alkyl halides is 3. The molecule has 1 fully saturated rings. The summed E-state index contributed by atoms with van der Waals surface area (Å²) in [4.78, 5) is 31.2. The molecule has 1 amide bonds. The van der Waals surface area contributed by atoms with Crippen LogP contribution in [0.15, 0.2) is 39.9 Å². The molecule has 3 rings (SSSR count). The molecule has 2 aromatic heterocycles. The number of aromatic nitrogens is 1. The number of anilines is 1. The number of pyridine rings is 1. The Balaban J connectivity index is 1.52. The first kappa shape index (κ1) is 19.7. The van der Waals surface area contributed by atoms with E-state index in [2.05, 4.69) is 4.98 Å². The van der Waals surface area contributed by atoms with Crippen molar-refractivity contribution in [3.63, 3.8) is 0 Å². The lowest BCUT2D eigenvalue weighted by atomic mass is 10.2. The van der Waals surface area contributed by atoms with E-state index in [1.165, 1.54) is 18.4 Å². The molecule has 0 N–H and O–H groups in total. The summed E-state index contributed by atoms with van der Waals surface area (Å²) < 4.78 is 48.1. The van der Waals surface area contributed by atoms with Gasteiger partial charge in [0.1, 0.15) is 17.8 Å². The minimum atomic E-state index is -4.43. The molecule has 0 radical (unpaired) electrons. The van der Waals surface area contributed by atoms with Gasteiger partial charge in [0.15, 0.2) is 6.61 Å². The monoisotopic (exact) mass is 397 g/mol. The van der Waals surface area contributed by atoms with Crippen molar-refractivity contribution < 1.29 is 27.1 Å². The molecule has 7 nitrogen and oxygen atoms in total. The van der Waals surface area contributed by atoms with Crippen molar-refractivity contribution in [2.45, 2.75) is 13.1 Å². The highest BCUT2D eigenvalue weighted by Crippen LogP contribution is 2.29. The van der Waals surface area contributed by atoms with E-state index in [0.717, 1.165) is 12.3 Å². The van der Waals surface area contributed by atoms with Crippen LogP contribution in [-0.4, -0.2) is 48.6 Å². The number of piperazine rings is 1. The van der Waals surface area contributed by atoms with Crippen molar-refractivity contribution in [2.24, 2.45) is 0 Å². The third-order valence-electron chi connectivity index (χ3n) is 4.31. The molecule has 0 bridgehead atoms. The molecule has 0 aromatic carbocycles. The van der Waals surface area contributed by atoms with E-state index >= 15 is 0 Å². The van der Waals surface area contributed by atoms with E-state index in [9.17, 15) is 22.8 Å². The minimum absolute atomic E-state index is 0.0356. The van der Waals surface area contributed by atoms with E-state index in [4.69, 9.17) is 9.15 Å². The maximum absolute atomic E-state index is 12.6. The van der Waals surface area contributed by atoms with Crippen molar-refractivity contribution >= 4 is 11.7 Å². The van der Waals surface area contributed by atoms with E-state index in [0.29, 0.717) is 37.8 Å². The number of aryl methyl sites for hydroxylation is 1. The molecular weight excluding hydrogens is 379 g/mol. The van der Waals surface area contributed by atoms with Crippen LogP contribution >= 0.6 is 0 Å². The van der Waals surface area contributed by atoms with Gasteiger partial charge in [-0.1, -0.05) is 0 Å². The summed E-state index contributed by atoms with van der Waals surface area (Å²) >= 11 is 0.